The van der Waals surface area contributed by atoms with E-state index in [1.54, 1.807) is 36.4 Å². The zero-order chi connectivity index (χ0) is 21.8. The molecule has 0 unspecified atom stereocenters. The van der Waals surface area contributed by atoms with Gasteiger partial charge < -0.3 is 15.6 Å². The summed E-state index contributed by atoms with van der Waals surface area (Å²) in [6, 6.07) is 11.4. The molecule has 0 saturated heterocycles. The molecule has 3 N–H and O–H groups in total. The van der Waals surface area contributed by atoms with Gasteiger partial charge in [0.05, 0.1) is 17.0 Å². The molecule has 0 aliphatic carbocycles. The van der Waals surface area contributed by atoms with Gasteiger partial charge in [0.2, 0.25) is 5.91 Å². The number of rotatable bonds is 6. The Morgan fingerprint density at radius 1 is 1.13 bits per heavy atom. The molecule has 0 radical (unpaired) electrons. The van der Waals surface area contributed by atoms with Crippen LogP contribution in [-0.4, -0.2) is 32.3 Å². The predicted octanol–water partition coefficient (Wildman–Crippen LogP) is 3.64. The van der Waals surface area contributed by atoms with Crippen LogP contribution < -0.4 is 11.1 Å². The van der Waals surface area contributed by atoms with Crippen LogP contribution in [-0.2, 0) is 17.8 Å². The average molecular weight is 440 g/mol. The van der Waals surface area contributed by atoms with Crippen molar-refractivity contribution in [2.24, 2.45) is 5.73 Å². The van der Waals surface area contributed by atoms with E-state index in [1.807, 2.05) is 0 Å². The van der Waals surface area contributed by atoms with E-state index in [-0.39, 0.29) is 11.4 Å². The molecule has 2 amide bonds. The fourth-order valence-electron chi connectivity index (χ4n) is 3.58. The van der Waals surface area contributed by atoms with Gasteiger partial charge in [0.1, 0.15) is 11.6 Å². The summed E-state index contributed by atoms with van der Waals surface area (Å²) in [7, 11) is 0. The van der Waals surface area contributed by atoms with Crippen LogP contribution >= 0.6 is 11.8 Å². The topological polar surface area (TPSA) is 103 Å². The zero-order valence-corrected chi connectivity index (χ0v) is 17.6. The summed E-state index contributed by atoms with van der Waals surface area (Å²) in [5, 5.41) is 11.2. The first-order valence-electron chi connectivity index (χ1n) is 10.1. The monoisotopic (exact) mass is 439 g/mol. The maximum atomic E-state index is 14.5. The third kappa shape index (κ3) is 4.77. The van der Waals surface area contributed by atoms with Gasteiger partial charge in [-0.3, -0.25) is 9.59 Å². The lowest BCUT2D eigenvalue weighted by molar-refractivity contribution is -0.115. The second-order valence-electron chi connectivity index (χ2n) is 7.30. The second kappa shape index (κ2) is 9.30. The Morgan fingerprint density at radius 2 is 1.97 bits per heavy atom. The van der Waals surface area contributed by atoms with Gasteiger partial charge in [0.15, 0.2) is 5.82 Å². The molecule has 1 aliphatic heterocycles. The molecule has 9 heteroatoms. The number of hydrogen-bond donors (Lipinski definition) is 2. The Kier molecular flexibility index (Phi) is 6.31. The van der Waals surface area contributed by atoms with Crippen molar-refractivity contribution < 1.29 is 14.0 Å². The third-order valence-electron chi connectivity index (χ3n) is 5.08. The van der Waals surface area contributed by atoms with E-state index in [1.165, 1.54) is 17.8 Å². The number of thioether (sulfide) groups is 1. The van der Waals surface area contributed by atoms with Crippen molar-refractivity contribution in [3.8, 4) is 11.4 Å². The maximum Gasteiger partial charge on any atom is 0.256 e. The molecular weight excluding hydrogens is 417 g/mol. The summed E-state index contributed by atoms with van der Waals surface area (Å²) >= 11 is 1.17. The number of primary amides is 1. The molecule has 0 saturated carbocycles. The highest BCUT2D eigenvalue weighted by atomic mass is 32.2. The van der Waals surface area contributed by atoms with Crippen LogP contribution in [0.3, 0.4) is 0 Å². The normalized spacial score (nSPS) is 13.3. The molecule has 160 valence electrons. The first-order chi connectivity index (χ1) is 15.0. The number of nitrogens with zero attached hydrogens (tertiary/aromatic N) is 3. The van der Waals surface area contributed by atoms with Gasteiger partial charge in [-0.05, 0) is 43.2 Å². The van der Waals surface area contributed by atoms with Crippen molar-refractivity contribution >= 4 is 29.3 Å². The Hall–Kier alpha value is -3.20. The van der Waals surface area contributed by atoms with Crippen LogP contribution in [0.1, 0.15) is 35.4 Å². The zero-order valence-electron chi connectivity index (χ0n) is 16.8. The van der Waals surface area contributed by atoms with E-state index in [4.69, 9.17) is 5.73 Å². The van der Waals surface area contributed by atoms with E-state index in [9.17, 15) is 14.0 Å². The smallest absolute Gasteiger partial charge is 0.256 e. The maximum absolute atomic E-state index is 14.5. The fraction of sp³-hybridized carbons (Fsp3) is 0.273. The minimum Gasteiger partial charge on any atom is -0.369 e. The summed E-state index contributed by atoms with van der Waals surface area (Å²) in [6.45, 7) is 0.821. The number of aromatic nitrogens is 3. The highest BCUT2D eigenvalue weighted by Gasteiger charge is 2.19. The Morgan fingerprint density at radius 3 is 2.81 bits per heavy atom. The number of halogens is 1. The molecule has 1 aromatic heterocycles. The quantitative estimate of drug-likeness (QED) is 0.571. The summed E-state index contributed by atoms with van der Waals surface area (Å²) in [5.41, 5.74) is 6.30. The fourth-order valence-corrected chi connectivity index (χ4v) is 4.37. The first-order valence-corrected chi connectivity index (χ1v) is 11.0. The lowest BCUT2D eigenvalue weighted by Crippen LogP contribution is -2.16. The number of carbonyl (C=O) groups is 2. The molecule has 2 aromatic carbocycles. The van der Waals surface area contributed by atoms with Crippen LogP contribution in [0.15, 0.2) is 47.4 Å². The first kappa shape index (κ1) is 21.0. The summed E-state index contributed by atoms with van der Waals surface area (Å²) in [5.74, 6) is 0.157. The van der Waals surface area contributed by atoms with Crippen molar-refractivity contribution in [1.82, 2.24) is 14.8 Å². The largest absolute Gasteiger partial charge is 0.369 e. The number of nitrogens with one attached hydrogen (secondary N) is 1. The summed E-state index contributed by atoms with van der Waals surface area (Å²) in [4.78, 5) is 24.6. The van der Waals surface area contributed by atoms with Crippen molar-refractivity contribution in [2.45, 2.75) is 37.1 Å². The molecule has 0 spiro atoms. The van der Waals surface area contributed by atoms with Crippen LogP contribution in [0.5, 0.6) is 0 Å². The number of aryl methyl sites for hydroxylation is 1. The summed E-state index contributed by atoms with van der Waals surface area (Å²) < 4.78 is 16.6. The van der Waals surface area contributed by atoms with Gasteiger partial charge in [-0.2, -0.15) is 0 Å². The van der Waals surface area contributed by atoms with Crippen molar-refractivity contribution in [1.29, 1.82) is 0 Å². The number of hydrogen-bond acceptors (Lipinski definition) is 5. The van der Waals surface area contributed by atoms with Crippen molar-refractivity contribution in [2.75, 3.05) is 11.1 Å². The minimum atomic E-state index is -0.546. The highest BCUT2D eigenvalue weighted by molar-refractivity contribution is 8.00. The number of amides is 2. The van der Waals surface area contributed by atoms with Gasteiger partial charge in [-0.25, -0.2) is 4.39 Å². The Balaban J connectivity index is 1.60. The lowest BCUT2D eigenvalue weighted by Gasteiger charge is -2.12. The van der Waals surface area contributed by atoms with Crippen LogP contribution in [0, 0.1) is 5.82 Å². The predicted molar refractivity (Wildman–Crippen MR) is 117 cm³/mol. The van der Waals surface area contributed by atoms with E-state index < -0.39 is 17.6 Å². The average Bonchev–Trinajstić information content (AvgIpc) is 3.02. The molecule has 0 atom stereocenters. The SMILES string of the molecule is NC(=O)CSc1ccccc1C(=O)Nc1cc(-c2nnc3n2CCCCC3)ccc1F. The molecule has 2 heterocycles. The molecule has 3 aromatic rings. The van der Waals surface area contributed by atoms with Crippen molar-refractivity contribution in [3.05, 3.63) is 59.7 Å². The Bertz CT molecular complexity index is 1130. The van der Waals surface area contributed by atoms with E-state index in [0.29, 0.717) is 21.8 Å². The molecule has 1 aliphatic rings. The molecule has 4 rings (SSSR count). The van der Waals surface area contributed by atoms with Crippen LogP contribution in [0.25, 0.3) is 11.4 Å². The van der Waals surface area contributed by atoms with Crippen molar-refractivity contribution in [3.63, 3.8) is 0 Å². The number of fused-ring (bicyclic) bond motifs is 1. The molecular formula is C22H22FN5O2S. The van der Waals surface area contributed by atoms with Gasteiger partial charge in [0.25, 0.3) is 5.91 Å². The molecule has 0 fully saturated rings. The van der Waals surface area contributed by atoms with Crippen LogP contribution in [0.2, 0.25) is 0 Å². The number of carbonyl (C=O) groups excluding carboxylic acids is 2. The van der Waals surface area contributed by atoms with E-state index >= 15 is 0 Å². The van der Waals surface area contributed by atoms with Gasteiger partial charge >= 0.3 is 0 Å². The minimum absolute atomic E-state index is 0.0477. The number of benzene rings is 2. The number of nitrogens with two attached hydrogens (primary N) is 1. The molecule has 7 nitrogen and oxygen atoms in total. The van der Waals surface area contributed by atoms with E-state index in [0.717, 1.165) is 38.1 Å². The highest BCUT2D eigenvalue weighted by Crippen LogP contribution is 2.28. The number of anilines is 1. The molecule has 31 heavy (non-hydrogen) atoms. The second-order valence-corrected chi connectivity index (χ2v) is 8.32. The Labute approximate surface area is 183 Å². The summed E-state index contributed by atoms with van der Waals surface area (Å²) in [6.07, 6.45) is 4.14. The van der Waals surface area contributed by atoms with Gasteiger partial charge in [-0.15, -0.1) is 22.0 Å². The molecule has 0 bridgehead atoms. The third-order valence-corrected chi connectivity index (χ3v) is 6.18. The standard InChI is InChI=1S/C22H22FN5O2S/c23-16-10-9-14(21-27-26-20-8-2-1-5-11-28(20)21)12-17(16)25-22(30)15-6-3-4-7-18(15)31-13-19(24)29/h3-4,6-7,9-10,12H,1-2,5,8,11,13H2,(H2,24,29)(H,25,30). The van der Waals surface area contributed by atoms with Gasteiger partial charge in [0, 0.05) is 23.4 Å². The van der Waals surface area contributed by atoms with Gasteiger partial charge in [-0.1, -0.05) is 18.6 Å². The van der Waals surface area contributed by atoms with E-state index in [2.05, 4.69) is 20.1 Å². The lowest BCUT2D eigenvalue weighted by atomic mass is 10.1. The van der Waals surface area contributed by atoms with Crippen LogP contribution in [0.4, 0.5) is 10.1 Å².